The molecule has 3 fully saturated rings. The Morgan fingerprint density at radius 2 is 1.88 bits per heavy atom. The van der Waals surface area contributed by atoms with Crippen LogP contribution in [-0.2, 0) is 11.2 Å². The van der Waals surface area contributed by atoms with Gasteiger partial charge in [-0.2, -0.15) is 0 Å². The monoisotopic (exact) mass is 434 g/mol. The Labute approximate surface area is 191 Å². The van der Waals surface area contributed by atoms with Gasteiger partial charge >= 0.3 is 6.09 Å². The Kier molecular flexibility index (Phi) is 5.62. The number of nitrogens with one attached hydrogen (secondary N) is 1. The second-order valence-corrected chi connectivity index (χ2v) is 10.3. The molecule has 3 heterocycles. The standard InChI is InChI=1S/C27H34N2O3/c1-27(2)12-9-21-15-20(19-5-4-6-22(16-19)31-3)7-8-23(21)25(27)28-26(30)32-24-17-29-13-10-18(24)11-14-29/h4-8,15-16,18,24-25H,9-14,17H2,1-3H3,(H,28,30)/t24-,25-/m0/s1. The van der Waals surface area contributed by atoms with Crippen LogP contribution in [0, 0.1) is 11.3 Å². The normalized spacial score (nSPS) is 28.0. The minimum Gasteiger partial charge on any atom is -0.497 e. The molecule has 6 rings (SSSR count). The number of hydrogen-bond donors (Lipinski definition) is 1. The molecule has 3 aliphatic heterocycles. The van der Waals surface area contributed by atoms with E-state index >= 15 is 0 Å². The highest BCUT2D eigenvalue weighted by molar-refractivity contribution is 5.70. The number of alkyl carbamates (subject to hydrolysis) is 1. The van der Waals surface area contributed by atoms with E-state index in [1.807, 2.05) is 12.1 Å². The molecule has 4 aliphatic rings. The van der Waals surface area contributed by atoms with Crippen molar-refractivity contribution in [3.05, 3.63) is 53.6 Å². The summed E-state index contributed by atoms with van der Waals surface area (Å²) in [6.45, 7) is 7.65. The first-order valence-electron chi connectivity index (χ1n) is 11.9. The van der Waals surface area contributed by atoms with Gasteiger partial charge in [0.2, 0.25) is 0 Å². The third-order valence-corrected chi connectivity index (χ3v) is 7.79. The number of amides is 1. The molecule has 3 saturated heterocycles. The van der Waals surface area contributed by atoms with E-state index in [4.69, 9.17) is 9.47 Å². The van der Waals surface area contributed by atoms with Gasteiger partial charge in [-0.1, -0.05) is 44.2 Å². The van der Waals surface area contributed by atoms with Crippen molar-refractivity contribution in [1.82, 2.24) is 10.2 Å². The molecule has 0 aromatic heterocycles. The topological polar surface area (TPSA) is 50.8 Å². The zero-order chi connectivity index (χ0) is 22.3. The van der Waals surface area contributed by atoms with Crippen LogP contribution in [-0.4, -0.2) is 43.8 Å². The number of fused-ring (bicyclic) bond motifs is 4. The smallest absolute Gasteiger partial charge is 0.407 e. The number of nitrogens with zero attached hydrogens (tertiary/aromatic N) is 1. The quantitative estimate of drug-likeness (QED) is 0.719. The summed E-state index contributed by atoms with van der Waals surface area (Å²) in [7, 11) is 1.69. The fourth-order valence-corrected chi connectivity index (χ4v) is 5.72. The Hall–Kier alpha value is -2.53. The maximum atomic E-state index is 12.9. The SMILES string of the molecule is COc1cccc(-c2ccc3c(c2)CCC(C)(C)[C@H]3NC(=O)O[C@H]2CN3CCC2CC3)c1. The maximum Gasteiger partial charge on any atom is 0.407 e. The molecule has 2 aromatic rings. The third-order valence-electron chi connectivity index (χ3n) is 7.79. The largest absolute Gasteiger partial charge is 0.497 e. The van der Waals surface area contributed by atoms with Gasteiger partial charge in [0.1, 0.15) is 11.9 Å². The Balaban J connectivity index is 1.35. The summed E-state index contributed by atoms with van der Waals surface area (Å²) < 4.78 is 11.3. The van der Waals surface area contributed by atoms with Crippen LogP contribution in [0.5, 0.6) is 5.75 Å². The first-order chi connectivity index (χ1) is 15.4. The van der Waals surface area contributed by atoms with Crippen molar-refractivity contribution in [3.63, 3.8) is 0 Å². The third kappa shape index (κ3) is 4.11. The molecular weight excluding hydrogens is 400 g/mol. The van der Waals surface area contributed by atoms with Gasteiger partial charge in [-0.3, -0.25) is 4.90 Å². The van der Waals surface area contributed by atoms with E-state index in [9.17, 15) is 4.79 Å². The Bertz CT molecular complexity index is 994. The first kappa shape index (κ1) is 21.3. The highest BCUT2D eigenvalue weighted by Gasteiger charge is 2.40. The van der Waals surface area contributed by atoms with Crippen molar-refractivity contribution in [2.75, 3.05) is 26.7 Å². The number of hydrogen-bond acceptors (Lipinski definition) is 4. The van der Waals surface area contributed by atoms with Crippen LogP contribution in [0.25, 0.3) is 11.1 Å². The number of methoxy groups -OCH3 is 1. The van der Waals surface area contributed by atoms with Gasteiger partial charge in [0.15, 0.2) is 0 Å². The second kappa shape index (κ2) is 8.43. The van der Waals surface area contributed by atoms with E-state index in [-0.39, 0.29) is 23.7 Å². The molecule has 0 radical (unpaired) electrons. The molecule has 0 spiro atoms. The van der Waals surface area contributed by atoms with Crippen molar-refractivity contribution in [2.24, 2.45) is 11.3 Å². The number of rotatable bonds is 4. The van der Waals surface area contributed by atoms with E-state index in [2.05, 4.69) is 54.4 Å². The molecular formula is C27H34N2O3. The lowest BCUT2D eigenvalue weighted by molar-refractivity contribution is -0.0353. The average Bonchev–Trinajstić information content (AvgIpc) is 2.81. The number of piperidine rings is 3. The molecule has 170 valence electrons. The van der Waals surface area contributed by atoms with Crippen LogP contribution in [0.1, 0.15) is 50.3 Å². The van der Waals surface area contributed by atoms with Crippen molar-refractivity contribution in [2.45, 2.75) is 51.7 Å². The van der Waals surface area contributed by atoms with Crippen LogP contribution in [0.3, 0.4) is 0 Å². The van der Waals surface area contributed by atoms with Gasteiger partial charge in [0, 0.05) is 6.54 Å². The Morgan fingerprint density at radius 1 is 1.09 bits per heavy atom. The molecule has 2 bridgehead atoms. The molecule has 1 amide bonds. The van der Waals surface area contributed by atoms with E-state index in [1.54, 1.807) is 7.11 Å². The number of carbonyl (C=O) groups is 1. The fraction of sp³-hybridized carbons (Fsp3) is 0.519. The van der Waals surface area contributed by atoms with Crippen molar-refractivity contribution >= 4 is 6.09 Å². The van der Waals surface area contributed by atoms with Gasteiger partial charge in [0.05, 0.1) is 13.2 Å². The lowest BCUT2D eigenvalue weighted by atomic mass is 9.70. The predicted molar refractivity (Wildman–Crippen MR) is 126 cm³/mol. The van der Waals surface area contributed by atoms with E-state index in [0.717, 1.165) is 56.6 Å². The van der Waals surface area contributed by atoms with Gasteiger partial charge in [-0.15, -0.1) is 0 Å². The summed E-state index contributed by atoms with van der Waals surface area (Å²) in [6.07, 6.45) is 4.07. The zero-order valence-corrected chi connectivity index (χ0v) is 19.4. The lowest BCUT2D eigenvalue weighted by Gasteiger charge is -2.44. The highest BCUT2D eigenvalue weighted by Crippen LogP contribution is 2.44. The number of benzene rings is 2. The molecule has 0 unspecified atom stereocenters. The number of ether oxygens (including phenoxy) is 2. The van der Waals surface area contributed by atoms with Gasteiger partial charge < -0.3 is 14.8 Å². The summed E-state index contributed by atoms with van der Waals surface area (Å²) >= 11 is 0. The minimum absolute atomic E-state index is 0.0270. The summed E-state index contributed by atoms with van der Waals surface area (Å²) in [4.78, 5) is 15.4. The van der Waals surface area contributed by atoms with E-state index in [0.29, 0.717) is 5.92 Å². The van der Waals surface area contributed by atoms with Crippen LogP contribution in [0.15, 0.2) is 42.5 Å². The zero-order valence-electron chi connectivity index (χ0n) is 19.4. The second-order valence-electron chi connectivity index (χ2n) is 10.3. The molecule has 2 atom stereocenters. The molecule has 1 aliphatic carbocycles. The molecule has 2 aromatic carbocycles. The first-order valence-corrected chi connectivity index (χ1v) is 11.9. The predicted octanol–water partition coefficient (Wildman–Crippen LogP) is 5.20. The van der Waals surface area contributed by atoms with E-state index < -0.39 is 0 Å². The Morgan fingerprint density at radius 3 is 2.59 bits per heavy atom. The summed E-state index contributed by atoms with van der Waals surface area (Å²) in [5, 5.41) is 3.25. The fourth-order valence-electron chi connectivity index (χ4n) is 5.72. The van der Waals surface area contributed by atoms with Crippen LogP contribution >= 0.6 is 0 Å². The van der Waals surface area contributed by atoms with Crippen molar-refractivity contribution in [3.8, 4) is 16.9 Å². The summed E-state index contributed by atoms with van der Waals surface area (Å²) in [6, 6.07) is 14.7. The van der Waals surface area contributed by atoms with E-state index in [1.165, 1.54) is 16.7 Å². The molecule has 5 heteroatoms. The lowest BCUT2D eigenvalue weighted by Crippen LogP contribution is -2.53. The molecule has 5 nitrogen and oxygen atoms in total. The summed E-state index contributed by atoms with van der Waals surface area (Å²) in [5.41, 5.74) is 4.80. The van der Waals surface area contributed by atoms with Gasteiger partial charge in [0.25, 0.3) is 0 Å². The number of carbonyl (C=O) groups excluding carboxylic acids is 1. The number of aryl methyl sites for hydroxylation is 1. The van der Waals surface area contributed by atoms with Crippen molar-refractivity contribution in [1.29, 1.82) is 0 Å². The van der Waals surface area contributed by atoms with Gasteiger partial charge in [-0.05, 0) is 84.5 Å². The van der Waals surface area contributed by atoms with Crippen molar-refractivity contribution < 1.29 is 14.3 Å². The van der Waals surface area contributed by atoms with Crippen LogP contribution in [0.2, 0.25) is 0 Å². The summed E-state index contributed by atoms with van der Waals surface area (Å²) in [5.74, 6) is 1.37. The molecule has 1 N–H and O–H groups in total. The average molecular weight is 435 g/mol. The van der Waals surface area contributed by atoms with Gasteiger partial charge in [-0.25, -0.2) is 4.79 Å². The minimum atomic E-state index is -0.272. The maximum absolute atomic E-state index is 12.9. The molecule has 0 saturated carbocycles. The van der Waals surface area contributed by atoms with Crippen LogP contribution < -0.4 is 10.1 Å². The molecule has 32 heavy (non-hydrogen) atoms. The highest BCUT2D eigenvalue weighted by atomic mass is 16.6. The van der Waals surface area contributed by atoms with Crippen LogP contribution in [0.4, 0.5) is 4.79 Å².